The Balaban J connectivity index is 1.72. The van der Waals surface area contributed by atoms with Crippen molar-refractivity contribution in [1.82, 2.24) is 0 Å². The molecule has 0 N–H and O–H groups in total. The third-order valence-corrected chi connectivity index (χ3v) is 8.96. The van der Waals surface area contributed by atoms with Gasteiger partial charge in [-0.15, -0.1) is 0 Å². The lowest BCUT2D eigenvalue weighted by Gasteiger charge is -2.35. The van der Waals surface area contributed by atoms with Gasteiger partial charge in [-0.05, 0) is 99.2 Å². The van der Waals surface area contributed by atoms with Gasteiger partial charge in [-0.2, -0.15) is 0 Å². The average Bonchev–Trinajstić information content (AvgIpc) is 3.42. The van der Waals surface area contributed by atoms with E-state index in [-0.39, 0.29) is 0 Å². The second kappa shape index (κ2) is 19.0. The SMILES string of the molecule is CCOCCOc1ccc(C2(c3ccc(OCCOCC)c(OCCOCC)c3)c3cc(C)ccc3-c3ccc(C)cc32)cc1OCCOCC. The van der Waals surface area contributed by atoms with E-state index in [1.165, 1.54) is 33.4 Å². The molecule has 1 aliphatic rings. The maximum absolute atomic E-state index is 6.42. The first-order valence-electron chi connectivity index (χ1n) is 18.3. The van der Waals surface area contributed by atoms with Crippen LogP contribution in [0.3, 0.4) is 0 Å². The van der Waals surface area contributed by atoms with Gasteiger partial charge in [-0.3, -0.25) is 0 Å². The third kappa shape index (κ3) is 8.87. The van der Waals surface area contributed by atoms with Crippen LogP contribution < -0.4 is 18.9 Å². The van der Waals surface area contributed by atoms with Crippen LogP contribution in [0.2, 0.25) is 0 Å². The molecule has 0 saturated carbocycles. The van der Waals surface area contributed by atoms with Crippen LogP contribution in [0.25, 0.3) is 11.1 Å². The molecule has 5 rings (SSSR count). The standard InChI is InChI=1S/C43H54O8/c1-7-44-19-23-48-39-17-13-33(29-41(39)50-25-21-46-9-3)43(37-27-31(5)11-15-35(37)36-16-12-32(6)28-38(36)43)34-14-18-40(49-24-20-45-8-2)42(30-34)51-26-22-47-10-4/h11-18,27-30H,7-10,19-26H2,1-6H3. The minimum atomic E-state index is -0.716. The minimum Gasteiger partial charge on any atom is -0.487 e. The van der Waals surface area contributed by atoms with Crippen molar-refractivity contribution in [3.8, 4) is 34.1 Å². The molecule has 0 fully saturated rings. The number of aryl methyl sites for hydroxylation is 2. The molecule has 0 heterocycles. The Morgan fingerprint density at radius 1 is 0.392 bits per heavy atom. The zero-order valence-electron chi connectivity index (χ0n) is 31.2. The minimum absolute atomic E-state index is 0.392. The highest BCUT2D eigenvalue weighted by Gasteiger charge is 2.47. The van der Waals surface area contributed by atoms with Crippen molar-refractivity contribution in [1.29, 1.82) is 0 Å². The van der Waals surface area contributed by atoms with Crippen LogP contribution in [0.5, 0.6) is 23.0 Å². The smallest absolute Gasteiger partial charge is 0.161 e. The molecular weight excluding hydrogens is 644 g/mol. The van der Waals surface area contributed by atoms with Gasteiger partial charge in [0.15, 0.2) is 23.0 Å². The monoisotopic (exact) mass is 698 g/mol. The van der Waals surface area contributed by atoms with Gasteiger partial charge in [0.2, 0.25) is 0 Å². The van der Waals surface area contributed by atoms with Gasteiger partial charge < -0.3 is 37.9 Å². The van der Waals surface area contributed by atoms with Crippen LogP contribution in [0.4, 0.5) is 0 Å². The van der Waals surface area contributed by atoms with Crippen LogP contribution in [0.1, 0.15) is 61.1 Å². The normalized spacial score (nSPS) is 12.7. The summed E-state index contributed by atoms with van der Waals surface area (Å²) in [5.74, 6) is 2.63. The predicted molar refractivity (Wildman–Crippen MR) is 201 cm³/mol. The first-order valence-corrected chi connectivity index (χ1v) is 18.3. The van der Waals surface area contributed by atoms with Gasteiger partial charge >= 0.3 is 0 Å². The van der Waals surface area contributed by atoms with Gasteiger partial charge in [0, 0.05) is 26.4 Å². The van der Waals surface area contributed by atoms with Gasteiger partial charge in [0.05, 0.1) is 31.8 Å². The van der Waals surface area contributed by atoms with Gasteiger partial charge in [-0.1, -0.05) is 59.7 Å². The summed E-state index contributed by atoms with van der Waals surface area (Å²) >= 11 is 0. The summed E-state index contributed by atoms with van der Waals surface area (Å²) in [6.45, 7) is 18.3. The maximum atomic E-state index is 6.42. The van der Waals surface area contributed by atoms with E-state index in [1.807, 2.05) is 39.8 Å². The Labute approximate surface area is 303 Å². The van der Waals surface area contributed by atoms with E-state index in [0.29, 0.717) is 102 Å². The molecule has 51 heavy (non-hydrogen) atoms. The number of rotatable bonds is 22. The molecule has 4 aromatic rings. The van der Waals surface area contributed by atoms with Crippen LogP contribution in [0.15, 0.2) is 72.8 Å². The van der Waals surface area contributed by atoms with Gasteiger partial charge in [0.25, 0.3) is 0 Å². The number of benzene rings is 4. The second-order valence-electron chi connectivity index (χ2n) is 12.4. The van der Waals surface area contributed by atoms with Crippen LogP contribution in [0, 0.1) is 13.8 Å². The van der Waals surface area contributed by atoms with E-state index < -0.39 is 5.41 Å². The first kappa shape index (κ1) is 38.2. The number of hydrogen-bond acceptors (Lipinski definition) is 8. The molecule has 0 saturated heterocycles. The molecule has 8 nitrogen and oxygen atoms in total. The largest absolute Gasteiger partial charge is 0.487 e. The topological polar surface area (TPSA) is 73.8 Å². The highest BCUT2D eigenvalue weighted by molar-refractivity contribution is 5.87. The van der Waals surface area contributed by atoms with E-state index >= 15 is 0 Å². The molecule has 0 aromatic heterocycles. The number of hydrogen-bond donors (Lipinski definition) is 0. The van der Waals surface area contributed by atoms with Crippen molar-refractivity contribution in [2.45, 2.75) is 47.0 Å². The Bertz CT molecular complexity index is 1570. The summed E-state index contributed by atoms with van der Waals surface area (Å²) in [6.07, 6.45) is 0. The van der Waals surface area contributed by atoms with Crippen LogP contribution in [-0.2, 0) is 24.4 Å². The van der Waals surface area contributed by atoms with Gasteiger partial charge in [0.1, 0.15) is 26.4 Å². The summed E-state index contributed by atoms with van der Waals surface area (Å²) in [7, 11) is 0. The summed E-state index contributed by atoms with van der Waals surface area (Å²) in [4.78, 5) is 0. The predicted octanol–water partition coefficient (Wildman–Crippen LogP) is 8.33. The Kier molecular flexibility index (Phi) is 14.2. The summed E-state index contributed by atoms with van der Waals surface area (Å²) in [5.41, 5.74) is 8.51. The molecule has 0 aliphatic heterocycles. The van der Waals surface area contributed by atoms with E-state index in [1.54, 1.807) is 0 Å². The lowest BCUT2D eigenvalue weighted by Crippen LogP contribution is -2.29. The van der Waals surface area contributed by atoms with Crippen molar-refractivity contribution >= 4 is 0 Å². The number of ether oxygens (including phenoxy) is 8. The van der Waals surface area contributed by atoms with Crippen molar-refractivity contribution in [3.63, 3.8) is 0 Å². The Morgan fingerprint density at radius 2 is 0.745 bits per heavy atom. The van der Waals surface area contributed by atoms with E-state index in [2.05, 4.69) is 74.5 Å². The summed E-state index contributed by atoms with van der Waals surface area (Å²) in [6, 6.07) is 26.1. The average molecular weight is 699 g/mol. The maximum Gasteiger partial charge on any atom is 0.161 e. The number of fused-ring (bicyclic) bond motifs is 3. The zero-order valence-corrected chi connectivity index (χ0v) is 31.2. The van der Waals surface area contributed by atoms with Crippen molar-refractivity contribution in [2.24, 2.45) is 0 Å². The highest BCUT2D eigenvalue weighted by Crippen LogP contribution is 2.58. The Morgan fingerprint density at radius 3 is 1.10 bits per heavy atom. The van der Waals surface area contributed by atoms with Crippen molar-refractivity contribution in [3.05, 3.63) is 106 Å². The molecule has 1 aliphatic carbocycles. The molecule has 0 unspecified atom stereocenters. The molecule has 0 radical (unpaired) electrons. The molecule has 0 spiro atoms. The molecule has 0 atom stereocenters. The lowest BCUT2D eigenvalue weighted by atomic mass is 9.67. The second-order valence-corrected chi connectivity index (χ2v) is 12.4. The Hall–Kier alpha value is -4.08. The van der Waals surface area contributed by atoms with Crippen molar-refractivity contribution in [2.75, 3.05) is 79.3 Å². The fourth-order valence-electron chi connectivity index (χ4n) is 6.71. The van der Waals surface area contributed by atoms with E-state index in [9.17, 15) is 0 Å². The lowest BCUT2D eigenvalue weighted by molar-refractivity contribution is 0.0998. The van der Waals surface area contributed by atoms with Crippen LogP contribution >= 0.6 is 0 Å². The molecular formula is C43H54O8. The van der Waals surface area contributed by atoms with E-state index in [4.69, 9.17) is 37.9 Å². The van der Waals surface area contributed by atoms with Crippen molar-refractivity contribution < 1.29 is 37.9 Å². The molecule has 0 bridgehead atoms. The fourth-order valence-corrected chi connectivity index (χ4v) is 6.71. The fraction of sp³-hybridized carbons (Fsp3) is 0.442. The third-order valence-electron chi connectivity index (χ3n) is 8.96. The summed E-state index contributed by atoms with van der Waals surface area (Å²) in [5, 5.41) is 0. The van der Waals surface area contributed by atoms with Crippen LogP contribution in [-0.4, -0.2) is 79.3 Å². The van der Waals surface area contributed by atoms with Gasteiger partial charge in [-0.25, -0.2) is 0 Å². The molecule has 4 aromatic carbocycles. The highest BCUT2D eigenvalue weighted by atomic mass is 16.6. The summed E-state index contributed by atoms with van der Waals surface area (Å²) < 4.78 is 47.7. The first-order chi connectivity index (χ1) is 25.0. The quantitative estimate of drug-likeness (QED) is 0.0669. The zero-order chi connectivity index (χ0) is 36.1. The molecule has 0 amide bonds. The molecule has 274 valence electrons. The molecule has 8 heteroatoms. The van der Waals surface area contributed by atoms with E-state index in [0.717, 1.165) is 11.1 Å².